The van der Waals surface area contributed by atoms with E-state index in [9.17, 15) is 0 Å². The third-order valence-corrected chi connectivity index (χ3v) is 2.55. The minimum atomic E-state index is -0.0728. The smallest absolute Gasteiger partial charge is 0.0636 e. The van der Waals surface area contributed by atoms with Gasteiger partial charge in [0.2, 0.25) is 0 Å². The second-order valence-corrected chi connectivity index (χ2v) is 3.57. The quantitative estimate of drug-likeness (QED) is 0.486. The van der Waals surface area contributed by atoms with Gasteiger partial charge < -0.3 is 0 Å². The Morgan fingerprint density at radius 2 is 2.09 bits per heavy atom. The third kappa shape index (κ3) is 0.992. The van der Waals surface area contributed by atoms with Crippen LogP contribution in [0.15, 0.2) is 24.3 Å². The lowest BCUT2D eigenvalue weighted by molar-refractivity contribution is 0.665. The van der Waals surface area contributed by atoms with Gasteiger partial charge in [-0.3, -0.25) is 0 Å². The summed E-state index contributed by atoms with van der Waals surface area (Å²) in [6, 6.07) is 8.46. The Labute approximate surface area is 69.0 Å². The highest BCUT2D eigenvalue weighted by Gasteiger charge is 2.27. The van der Waals surface area contributed by atoms with Crippen LogP contribution in [0.3, 0.4) is 0 Å². The van der Waals surface area contributed by atoms with Crippen molar-refractivity contribution in [1.82, 2.24) is 0 Å². The Balaban J connectivity index is 2.56. The first-order chi connectivity index (χ1) is 5.20. The van der Waals surface area contributed by atoms with Crippen LogP contribution < -0.4 is 0 Å². The van der Waals surface area contributed by atoms with Gasteiger partial charge in [0.15, 0.2) is 0 Å². The molecule has 11 heavy (non-hydrogen) atoms. The van der Waals surface area contributed by atoms with Crippen molar-refractivity contribution in [2.75, 3.05) is 0 Å². The third-order valence-electron chi connectivity index (χ3n) is 2.55. The predicted octanol–water partition coefficient (Wildman–Crippen LogP) is 2.02. The maximum atomic E-state index is 6.09. The molecule has 2 rings (SSSR count). The van der Waals surface area contributed by atoms with Gasteiger partial charge in [-0.05, 0) is 29.3 Å². The monoisotopic (exact) mass is 142 g/mol. The van der Waals surface area contributed by atoms with Crippen molar-refractivity contribution in [1.29, 1.82) is 0 Å². The molecule has 1 aliphatic rings. The average Bonchev–Trinajstić information content (AvgIpc) is 2.29. The number of hydrogen-bond donors (Lipinski definition) is 0. The summed E-state index contributed by atoms with van der Waals surface area (Å²) in [6.45, 7) is 2.11. The largest absolute Gasteiger partial charge is 0.0807 e. The number of aryl methyl sites for hydroxylation is 1. The number of fused-ring (bicyclic) bond motifs is 1. The van der Waals surface area contributed by atoms with E-state index in [-0.39, 0.29) is 5.31 Å². The second kappa shape index (κ2) is 2.13. The van der Waals surface area contributed by atoms with Crippen LogP contribution in [0.25, 0.3) is 0 Å². The summed E-state index contributed by atoms with van der Waals surface area (Å²) in [5.74, 6) is 0. The molecule has 54 valence electrons. The fraction of sp³-hybridized carbons (Fsp3) is 0.400. The highest BCUT2D eigenvalue weighted by Crippen LogP contribution is 2.35. The first-order valence-corrected chi connectivity index (χ1v) is 4.07. The van der Waals surface area contributed by atoms with Crippen molar-refractivity contribution in [3.63, 3.8) is 0 Å². The van der Waals surface area contributed by atoms with E-state index in [1.165, 1.54) is 11.1 Å². The van der Waals surface area contributed by atoms with E-state index in [1.807, 2.05) is 0 Å². The molecule has 0 spiro atoms. The van der Waals surface area contributed by atoms with Crippen LogP contribution in [0.4, 0.5) is 0 Å². The van der Waals surface area contributed by atoms with Crippen molar-refractivity contribution >= 4 is 7.85 Å². The highest BCUT2D eigenvalue weighted by molar-refractivity contribution is 6.16. The van der Waals surface area contributed by atoms with E-state index in [2.05, 4.69) is 31.2 Å². The zero-order chi connectivity index (χ0) is 7.90. The molecule has 0 saturated carbocycles. The molecule has 0 amide bonds. The van der Waals surface area contributed by atoms with E-state index in [0.29, 0.717) is 0 Å². The number of hydrogen-bond acceptors (Lipinski definition) is 0. The standard InChI is InChI=1S/C10H11B/c1-10(11)7-6-8-4-2-3-5-9(8)10/h2-5H,6-7H2,1H3. The Hall–Kier alpha value is -0.715. The van der Waals surface area contributed by atoms with Gasteiger partial charge in [-0.1, -0.05) is 31.2 Å². The molecule has 0 fully saturated rings. The first kappa shape index (κ1) is 6.96. The molecule has 0 aliphatic heterocycles. The van der Waals surface area contributed by atoms with Gasteiger partial charge in [0.05, 0.1) is 7.85 Å². The van der Waals surface area contributed by atoms with E-state index < -0.39 is 0 Å². The van der Waals surface area contributed by atoms with Crippen LogP contribution in [0, 0.1) is 0 Å². The molecular formula is C10H11B. The highest BCUT2D eigenvalue weighted by atomic mass is 14.3. The van der Waals surface area contributed by atoms with E-state index in [0.717, 1.165) is 12.8 Å². The normalized spacial score (nSPS) is 28.5. The van der Waals surface area contributed by atoms with Gasteiger partial charge in [0, 0.05) is 0 Å². The molecule has 1 aliphatic carbocycles. The van der Waals surface area contributed by atoms with Crippen LogP contribution in [-0.4, -0.2) is 7.85 Å². The van der Waals surface area contributed by atoms with Gasteiger partial charge >= 0.3 is 0 Å². The average molecular weight is 142 g/mol. The van der Waals surface area contributed by atoms with Crippen LogP contribution in [0.1, 0.15) is 24.5 Å². The van der Waals surface area contributed by atoms with Crippen LogP contribution in [-0.2, 0) is 11.7 Å². The lowest BCUT2D eigenvalue weighted by Gasteiger charge is -2.18. The Morgan fingerprint density at radius 3 is 2.82 bits per heavy atom. The second-order valence-electron chi connectivity index (χ2n) is 3.57. The van der Waals surface area contributed by atoms with Crippen molar-refractivity contribution in [2.45, 2.75) is 25.1 Å². The van der Waals surface area contributed by atoms with Gasteiger partial charge in [0.1, 0.15) is 0 Å². The van der Waals surface area contributed by atoms with E-state index >= 15 is 0 Å². The molecule has 0 bridgehead atoms. The molecule has 1 atom stereocenters. The summed E-state index contributed by atoms with van der Waals surface area (Å²) in [6.07, 6.45) is 2.23. The van der Waals surface area contributed by atoms with Gasteiger partial charge in [0.25, 0.3) is 0 Å². The summed E-state index contributed by atoms with van der Waals surface area (Å²) in [5.41, 5.74) is 2.76. The molecule has 0 heterocycles. The molecule has 0 saturated heterocycles. The lowest BCUT2D eigenvalue weighted by atomic mass is 9.67. The van der Waals surface area contributed by atoms with Crippen molar-refractivity contribution in [3.8, 4) is 0 Å². The predicted molar refractivity (Wildman–Crippen MR) is 47.9 cm³/mol. The summed E-state index contributed by atoms with van der Waals surface area (Å²) in [5, 5.41) is -0.0728. The topological polar surface area (TPSA) is 0 Å². The molecular weight excluding hydrogens is 131 g/mol. The van der Waals surface area contributed by atoms with Crippen molar-refractivity contribution in [3.05, 3.63) is 35.4 Å². The molecule has 0 nitrogen and oxygen atoms in total. The van der Waals surface area contributed by atoms with E-state index in [1.54, 1.807) is 0 Å². The van der Waals surface area contributed by atoms with Crippen molar-refractivity contribution in [2.24, 2.45) is 0 Å². The molecule has 1 unspecified atom stereocenters. The van der Waals surface area contributed by atoms with Crippen LogP contribution in [0.2, 0.25) is 0 Å². The molecule has 2 radical (unpaired) electrons. The SMILES string of the molecule is [B]C1(C)CCc2ccccc21. The molecule has 1 aromatic carbocycles. The number of rotatable bonds is 0. The van der Waals surface area contributed by atoms with Gasteiger partial charge in [-0.15, -0.1) is 0 Å². The number of benzene rings is 1. The maximum absolute atomic E-state index is 6.09. The minimum absolute atomic E-state index is 0.0728. The Bertz CT molecular complexity index is 276. The summed E-state index contributed by atoms with van der Waals surface area (Å²) >= 11 is 0. The molecule has 0 aromatic heterocycles. The Morgan fingerprint density at radius 1 is 1.36 bits per heavy atom. The maximum Gasteiger partial charge on any atom is 0.0807 e. The summed E-state index contributed by atoms with van der Waals surface area (Å²) in [4.78, 5) is 0. The van der Waals surface area contributed by atoms with E-state index in [4.69, 9.17) is 7.85 Å². The zero-order valence-electron chi connectivity index (χ0n) is 6.80. The van der Waals surface area contributed by atoms with Crippen LogP contribution in [0.5, 0.6) is 0 Å². The summed E-state index contributed by atoms with van der Waals surface area (Å²) < 4.78 is 0. The summed E-state index contributed by atoms with van der Waals surface area (Å²) in [7, 11) is 6.09. The minimum Gasteiger partial charge on any atom is -0.0636 e. The fourth-order valence-corrected chi connectivity index (χ4v) is 1.82. The first-order valence-electron chi connectivity index (χ1n) is 4.07. The van der Waals surface area contributed by atoms with Crippen molar-refractivity contribution < 1.29 is 0 Å². The lowest BCUT2D eigenvalue weighted by Crippen LogP contribution is -2.17. The fourth-order valence-electron chi connectivity index (χ4n) is 1.82. The molecule has 1 heteroatoms. The van der Waals surface area contributed by atoms with Gasteiger partial charge in [-0.2, -0.15) is 0 Å². The molecule has 1 aromatic rings. The molecule has 0 N–H and O–H groups in total. The zero-order valence-corrected chi connectivity index (χ0v) is 6.80. The Kier molecular flexibility index (Phi) is 1.35. The van der Waals surface area contributed by atoms with Gasteiger partial charge in [-0.25, -0.2) is 0 Å². The van der Waals surface area contributed by atoms with Crippen LogP contribution >= 0.6 is 0 Å².